The molecule has 1 aliphatic rings. The second kappa shape index (κ2) is 5.69. The Bertz CT molecular complexity index is 473. The average Bonchev–Trinajstić information content (AvgIpc) is 2.38. The highest BCUT2D eigenvalue weighted by atomic mass is 16.4. The van der Waals surface area contributed by atoms with Crippen LogP contribution in [-0.2, 0) is 4.79 Å². The molecule has 0 aliphatic carbocycles. The number of hydrogen-bond donors (Lipinski definition) is 2. The maximum Gasteiger partial charge on any atom is 0.303 e. The number of carboxylic acid groups (broad SMARTS) is 1. The molecule has 3 N–H and O–H groups in total. The summed E-state index contributed by atoms with van der Waals surface area (Å²) in [4.78, 5) is 28.6. The molecule has 1 atom stereocenters. The van der Waals surface area contributed by atoms with Gasteiger partial charge in [0.15, 0.2) is 0 Å². The summed E-state index contributed by atoms with van der Waals surface area (Å²) in [5, 5.41) is 8.81. The fourth-order valence-electron chi connectivity index (χ4n) is 2.36. The molecule has 0 spiro atoms. The van der Waals surface area contributed by atoms with Gasteiger partial charge in [0.2, 0.25) is 0 Å². The molecule has 102 valence electrons. The number of pyridine rings is 1. The molecule has 1 amide bonds. The smallest absolute Gasteiger partial charge is 0.303 e. The molecular weight excluding hydrogens is 246 g/mol. The van der Waals surface area contributed by atoms with Crippen LogP contribution in [0.15, 0.2) is 18.3 Å². The Kier molecular flexibility index (Phi) is 3.99. The summed E-state index contributed by atoms with van der Waals surface area (Å²) in [5.41, 5.74) is 6.39. The van der Waals surface area contributed by atoms with Crippen molar-refractivity contribution in [2.24, 2.45) is 5.92 Å². The van der Waals surface area contributed by atoms with Gasteiger partial charge in [-0.15, -0.1) is 0 Å². The van der Waals surface area contributed by atoms with Crippen LogP contribution in [0.4, 0.5) is 5.69 Å². The van der Waals surface area contributed by atoms with Crippen molar-refractivity contribution in [3.63, 3.8) is 0 Å². The Morgan fingerprint density at radius 1 is 1.47 bits per heavy atom. The number of carboxylic acids is 1. The Labute approximate surface area is 111 Å². The van der Waals surface area contributed by atoms with Crippen LogP contribution in [0, 0.1) is 5.92 Å². The number of hydrogen-bond acceptors (Lipinski definition) is 4. The van der Waals surface area contributed by atoms with Crippen LogP contribution in [-0.4, -0.2) is 40.0 Å². The number of aromatic nitrogens is 1. The van der Waals surface area contributed by atoms with Gasteiger partial charge in [-0.2, -0.15) is 0 Å². The molecule has 1 unspecified atom stereocenters. The molecule has 6 heteroatoms. The summed E-state index contributed by atoms with van der Waals surface area (Å²) in [6.45, 7) is 1.14. The molecule has 1 aromatic rings. The molecular formula is C13H17N3O3. The molecule has 2 rings (SSSR count). The quantitative estimate of drug-likeness (QED) is 0.847. The zero-order chi connectivity index (χ0) is 13.8. The third kappa shape index (κ3) is 3.43. The van der Waals surface area contributed by atoms with Crippen LogP contribution in [0.25, 0.3) is 0 Å². The second-order valence-electron chi connectivity index (χ2n) is 4.83. The summed E-state index contributed by atoms with van der Waals surface area (Å²) >= 11 is 0. The number of carbonyl (C=O) groups is 2. The fraction of sp³-hybridized carbons (Fsp3) is 0.462. The van der Waals surface area contributed by atoms with Gasteiger partial charge < -0.3 is 15.7 Å². The predicted molar refractivity (Wildman–Crippen MR) is 69.5 cm³/mol. The third-order valence-corrected chi connectivity index (χ3v) is 3.27. The van der Waals surface area contributed by atoms with E-state index in [-0.39, 0.29) is 18.2 Å². The van der Waals surface area contributed by atoms with Crippen molar-refractivity contribution in [3.05, 3.63) is 24.0 Å². The highest BCUT2D eigenvalue weighted by Crippen LogP contribution is 2.21. The fourth-order valence-corrected chi connectivity index (χ4v) is 2.36. The largest absolute Gasteiger partial charge is 0.481 e. The van der Waals surface area contributed by atoms with E-state index in [2.05, 4.69) is 4.98 Å². The standard InChI is InChI=1S/C13H17N3O3/c14-10-3-4-11(15-7-10)13(19)16-5-1-2-9(8-16)6-12(17)18/h3-4,7,9H,1-2,5-6,8,14H2,(H,17,18). The number of anilines is 1. The van der Waals surface area contributed by atoms with Crippen molar-refractivity contribution in [2.75, 3.05) is 18.8 Å². The van der Waals surface area contributed by atoms with E-state index in [0.717, 1.165) is 12.8 Å². The topological polar surface area (TPSA) is 96.5 Å². The van der Waals surface area contributed by atoms with Crippen molar-refractivity contribution in [2.45, 2.75) is 19.3 Å². The third-order valence-electron chi connectivity index (χ3n) is 3.27. The van der Waals surface area contributed by atoms with Crippen LogP contribution >= 0.6 is 0 Å². The van der Waals surface area contributed by atoms with Gasteiger partial charge >= 0.3 is 5.97 Å². The lowest BCUT2D eigenvalue weighted by Gasteiger charge is -2.31. The van der Waals surface area contributed by atoms with Crippen LogP contribution in [0.3, 0.4) is 0 Å². The van der Waals surface area contributed by atoms with Crippen LogP contribution in [0.2, 0.25) is 0 Å². The summed E-state index contributed by atoms with van der Waals surface area (Å²) in [6.07, 6.45) is 3.24. The zero-order valence-electron chi connectivity index (χ0n) is 10.6. The number of likely N-dealkylation sites (tertiary alicyclic amines) is 1. The van der Waals surface area contributed by atoms with Crippen LogP contribution < -0.4 is 5.73 Å². The number of nitrogens with two attached hydrogens (primary N) is 1. The normalized spacial score (nSPS) is 19.2. The van der Waals surface area contributed by atoms with Crippen LogP contribution in [0.1, 0.15) is 29.8 Å². The van der Waals surface area contributed by atoms with E-state index in [9.17, 15) is 9.59 Å². The van der Waals surface area contributed by atoms with Gasteiger partial charge in [0, 0.05) is 19.5 Å². The molecule has 19 heavy (non-hydrogen) atoms. The molecule has 6 nitrogen and oxygen atoms in total. The number of piperidine rings is 1. The van der Waals surface area contributed by atoms with E-state index >= 15 is 0 Å². The van der Waals surface area contributed by atoms with Crippen molar-refractivity contribution in [1.82, 2.24) is 9.88 Å². The van der Waals surface area contributed by atoms with Gasteiger partial charge in [0.05, 0.1) is 11.9 Å². The minimum Gasteiger partial charge on any atom is -0.481 e. The van der Waals surface area contributed by atoms with E-state index in [4.69, 9.17) is 10.8 Å². The first-order valence-corrected chi connectivity index (χ1v) is 6.29. The average molecular weight is 263 g/mol. The Morgan fingerprint density at radius 3 is 2.89 bits per heavy atom. The van der Waals surface area contributed by atoms with Gasteiger partial charge in [-0.1, -0.05) is 0 Å². The maximum atomic E-state index is 12.2. The minimum atomic E-state index is -0.815. The number of amides is 1. The van der Waals surface area contributed by atoms with E-state index in [1.807, 2.05) is 0 Å². The van der Waals surface area contributed by atoms with Gasteiger partial charge in [-0.05, 0) is 30.9 Å². The van der Waals surface area contributed by atoms with Crippen molar-refractivity contribution in [3.8, 4) is 0 Å². The van der Waals surface area contributed by atoms with Gasteiger partial charge in [0.25, 0.3) is 5.91 Å². The molecule has 1 aromatic heterocycles. The molecule has 0 radical (unpaired) electrons. The zero-order valence-corrected chi connectivity index (χ0v) is 10.6. The highest BCUT2D eigenvalue weighted by molar-refractivity contribution is 5.92. The molecule has 2 heterocycles. The lowest BCUT2D eigenvalue weighted by Crippen LogP contribution is -2.40. The van der Waals surface area contributed by atoms with E-state index in [1.54, 1.807) is 17.0 Å². The van der Waals surface area contributed by atoms with Crippen molar-refractivity contribution >= 4 is 17.6 Å². The van der Waals surface area contributed by atoms with Gasteiger partial charge in [-0.25, -0.2) is 4.98 Å². The van der Waals surface area contributed by atoms with Crippen molar-refractivity contribution < 1.29 is 14.7 Å². The lowest BCUT2D eigenvalue weighted by molar-refractivity contribution is -0.138. The number of nitrogen functional groups attached to an aromatic ring is 1. The summed E-state index contributed by atoms with van der Waals surface area (Å²) in [7, 11) is 0. The number of carbonyl (C=O) groups excluding carboxylic acids is 1. The predicted octanol–water partition coefficient (Wildman–Crippen LogP) is 0.991. The van der Waals surface area contributed by atoms with Gasteiger partial charge in [-0.3, -0.25) is 9.59 Å². The molecule has 0 bridgehead atoms. The number of rotatable bonds is 3. The molecule has 1 fully saturated rings. The number of aliphatic carboxylic acids is 1. The number of nitrogens with zero attached hydrogens (tertiary/aromatic N) is 2. The van der Waals surface area contributed by atoms with E-state index in [1.165, 1.54) is 6.20 Å². The summed E-state index contributed by atoms with van der Waals surface area (Å²) < 4.78 is 0. The highest BCUT2D eigenvalue weighted by Gasteiger charge is 2.26. The summed E-state index contributed by atoms with van der Waals surface area (Å²) in [6, 6.07) is 3.23. The first-order chi connectivity index (χ1) is 9.06. The molecule has 0 aromatic carbocycles. The van der Waals surface area contributed by atoms with Gasteiger partial charge in [0.1, 0.15) is 5.69 Å². The Hall–Kier alpha value is -2.11. The van der Waals surface area contributed by atoms with Crippen molar-refractivity contribution in [1.29, 1.82) is 0 Å². The first-order valence-electron chi connectivity index (χ1n) is 6.29. The van der Waals surface area contributed by atoms with E-state index < -0.39 is 5.97 Å². The van der Waals surface area contributed by atoms with E-state index in [0.29, 0.717) is 24.5 Å². The molecule has 1 saturated heterocycles. The monoisotopic (exact) mass is 263 g/mol. The molecule has 1 aliphatic heterocycles. The second-order valence-corrected chi connectivity index (χ2v) is 4.83. The maximum absolute atomic E-state index is 12.2. The first kappa shape index (κ1) is 13.3. The lowest BCUT2D eigenvalue weighted by atomic mass is 9.94. The summed E-state index contributed by atoms with van der Waals surface area (Å²) in [5.74, 6) is -0.941. The SMILES string of the molecule is Nc1ccc(C(=O)N2CCCC(CC(=O)O)C2)nc1. The Balaban J connectivity index is 2.02. The minimum absolute atomic E-state index is 0.0315. The molecule has 0 saturated carbocycles. The van der Waals surface area contributed by atoms with Crippen LogP contribution in [0.5, 0.6) is 0 Å². The Morgan fingerprint density at radius 2 is 2.26 bits per heavy atom.